The number of hydrogen-bond donors (Lipinski definition) is 0. The van der Waals surface area contributed by atoms with E-state index in [4.69, 9.17) is 8.57 Å². The van der Waals surface area contributed by atoms with E-state index in [9.17, 15) is 31.1 Å². The van der Waals surface area contributed by atoms with Gasteiger partial charge in [0, 0.05) is 6.20 Å². The van der Waals surface area contributed by atoms with Gasteiger partial charge in [0.25, 0.3) is 0 Å². The number of ether oxygens (including phenoxy) is 1. The highest BCUT2D eigenvalue weighted by Gasteiger charge is 2.43. The lowest BCUT2D eigenvalue weighted by Crippen LogP contribution is -2.50. The summed E-state index contributed by atoms with van der Waals surface area (Å²) < 4.78 is 90.1. The van der Waals surface area contributed by atoms with Gasteiger partial charge in [-0.25, -0.2) is 4.79 Å². The molecule has 0 saturated carbocycles. The summed E-state index contributed by atoms with van der Waals surface area (Å²) in [5.74, 6) is 0. The van der Waals surface area contributed by atoms with Crippen LogP contribution in [0.15, 0.2) is 60.8 Å². The summed E-state index contributed by atoms with van der Waals surface area (Å²) in [6.45, 7) is 1.16. The Hall–Kier alpha value is -2.53. The van der Waals surface area contributed by atoms with Gasteiger partial charge >= 0.3 is 18.4 Å². The van der Waals surface area contributed by atoms with E-state index >= 15 is 0 Å². The first-order valence-corrected chi connectivity index (χ1v) is 10.8. The van der Waals surface area contributed by atoms with Gasteiger partial charge in [-0.05, 0) is 49.1 Å². The Morgan fingerprint density at radius 1 is 1.06 bits per heavy atom. The zero-order chi connectivity index (χ0) is 25.1. The Morgan fingerprint density at radius 3 is 2.18 bits per heavy atom. The molecule has 0 fully saturated rings. The Labute approximate surface area is 200 Å². The Morgan fingerprint density at radius 2 is 1.65 bits per heavy atom. The topological polar surface area (TPSA) is 38.8 Å². The molecule has 0 aliphatic carbocycles. The molecule has 4 nitrogen and oxygen atoms in total. The van der Waals surface area contributed by atoms with Crippen LogP contribution in [0.25, 0.3) is 0 Å². The lowest BCUT2D eigenvalue weighted by Gasteiger charge is -2.43. The fourth-order valence-electron chi connectivity index (χ4n) is 3.87. The molecule has 11 heteroatoms. The molecule has 1 heterocycles. The van der Waals surface area contributed by atoms with Crippen molar-refractivity contribution in [3.63, 3.8) is 0 Å². The van der Waals surface area contributed by atoms with E-state index < -0.39 is 41.2 Å². The maximum Gasteiger partial charge on any atom is 0.426 e. The van der Waals surface area contributed by atoms with Crippen molar-refractivity contribution in [2.75, 3.05) is 6.61 Å². The van der Waals surface area contributed by atoms with Crippen LogP contribution in [-0.2, 0) is 26.5 Å². The van der Waals surface area contributed by atoms with Crippen LogP contribution in [0.4, 0.5) is 31.1 Å². The molecule has 1 aliphatic rings. The van der Waals surface area contributed by atoms with Gasteiger partial charge in [0.15, 0.2) is 16.3 Å². The minimum Gasteiger partial charge on any atom is -0.371 e. The van der Waals surface area contributed by atoms with Crippen molar-refractivity contribution >= 4 is 22.4 Å². The molecule has 0 saturated heterocycles. The summed E-state index contributed by atoms with van der Waals surface area (Å²) in [5, 5.41) is 0. The van der Waals surface area contributed by atoms with E-state index in [2.05, 4.69) is 16.3 Å². The first-order chi connectivity index (χ1) is 15.9. The van der Waals surface area contributed by atoms with Gasteiger partial charge in [0.1, 0.15) is 0 Å². The number of allylic oxidation sites excluding steroid dienone is 1. The molecular weight excluding hydrogens is 532 g/mol. The molecule has 2 atom stereocenters. The number of hydrogen-bond acceptors (Lipinski definition) is 3. The molecule has 1 amide bonds. The number of nitrogens with zero attached hydrogens (tertiary/aromatic N) is 1. The molecule has 184 valence electrons. The minimum absolute atomic E-state index is 0.0708. The summed E-state index contributed by atoms with van der Waals surface area (Å²) in [6.07, 6.45) is -7.63. The highest BCUT2D eigenvalue weighted by molar-refractivity contribution is 9.06. The van der Waals surface area contributed by atoms with Crippen molar-refractivity contribution in [2.45, 2.75) is 43.8 Å². The van der Waals surface area contributed by atoms with Crippen LogP contribution in [-0.4, -0.2) is 17.6 Å². The van der Waals surface area contributed by atoms with E-state index in [1.54, 1.807) is 36.4 Å². The van der Waals surface area contributed by atoms with Gasteiger partial charge < -0.3 is 8.57 Å². The predicted octanol–water partition coefficient (Wildman–Crippen LogP) is 7.75. The van der Waals surface area contributed by atoms with Crippen LogP contribution >= 0.6 is 16.3 Å². The maximum atomic E-state index is 13.3. The fraction of sp³-hybridized carbons (Fsp3) is 0.348. The second kappa shape index (κ2) is 9.99. The molecule has 0 N–H and O–H groups in total. The van der Waals surface area contributed by atoms with Crippen LogP contribution in [0.5, 0.6) is 0 Å². The third kappa shape index (κ3) is 5.57. The number of alkyl halides is 6. The molecular formula is C23H20BrF6NO3. The summed E-state index contributed by atoms with van der Waals surface area (Å²) in [6, 6.07) is 10.1. The maximum absolute atomic E-state index is 13.3. The summed E-state index contributed by atoms with van der Waals surface area (Å²) in [5.41, 5.74) is -3.55. The SMILES string of the molecule is C[C@@H](OC[C@@]1(c2ccccc2)CCC=CN1C(=O)OBr)c1cc(C(F)(F)F)cc(C(F)(F)F)c1. The van der Waals surface area contributed by atoms with Crippen molar-refractivity contribution in [1.82, 2.24) is 4.90 Å². The molecule has 0 aromatic heterocycles. The summed E-state index contributed by atoms with van der Waals surface area (Å²) in [4.78, 5) is 13.8. The zero-order valence-electron chi connectivity index (χ0n) is 17.8. The number of carbonyl (C=O) groups is 1. The smallest absolute Gasteiger partial charge is 0.371 e. The predicted molar refractivity (Wildman–Crippen MR) is 115 cm³/mol. The van der Waals surface area contributed by atoms with E-state index in [-0.39, 0.29) is 18.2 Å². The van der Waals surface area contributed by atoms with Crippen molar-refractivity contribution in [1.29, 1.82) is 0 Å². The van der Waals surface area contributed by atoms with E-state index in [0.29, 0.717) is 30.5 Å². The molecule has 0 unspecified atom stereocenters. The molecule has 2 aromatic carbocycles. The molecule has 0 bridgehead atoms. The quantitative estimate of drug-likeness (QED) is 0.356. The highest BCUT2D eigenvalue weighted by Crippen LogP contribution is 2.41. The Balaban J connectivity index is 1.98. The Kier molecular flexibility index (Phi) is 7.66. The molecule has 3 rings (SSSR count). The first-order valence-electron chi connectivity index (χ1n) is 10.1. The van der Waals surface area contributed by atoms with Crippen molar-refractivity contribution in [2.24, 2.45) is 0 Å². The second-order valence-electron chi connectivity index (χ2n) is 7.83. The molecule has 34 heavy (non-hydrogen) atoms. The van der Waals surface area contributed by atoms with Crippen LogP contribution in [0.2, 0.25) is 0 Å². The van der Waals surface area contributed by atoms with Crippen LogP contribution in [0.1, 0.15) is 48.1 Å². The van der Waals surface area contributed by atoms with Gasteiger partial charge in [-0.2, -0.15) is 26.3 Å². The zero-order valence-corrected chi connectivity index (χ0v) is 19.4. The number of rotatable bonds is 5. The van der Waals surface area contributed by atoms with E-state index in [0.717, 1.165) is 0 Å². The van der Waals surface area contributed by atoms with Gasteiger partial charge in [0.05, 0.1) is 29.4 Å². The fourth-order valence-corrected chi connectivity index (χ4v) is 4.02. The molecule has 2 aromatic rings. The van der Waals surface area contributed by atoms with Crippen LogP contribution < -0.4 is 0 Å². The second-order valence-corrected chi connectivity index (χ2v) is 8.15. The van der Waals surface area contributed by atoms with Gasteiger partial charge in [0.2, 0.25) is 0 Å². The summed E-state index contributed by atoms with van der Waals surface area (Å²) in [7, 11) is 0. The first kappa shape index (κ1) is 26.1. The lowest BCUT2D eigenvalue weighted by atomic mass is 9.82. The van der Waals surface area contributed by atoms with Crippen LogP contribution in [0.3, 0.4) is 0 Å². The van der Waals surface area contributed by atoms with Gasteiger partial charge in [-0.15, -0.1) is 0 Å². The third-order valence-electron chi connectivity index (χ3n) is 5.67. The largest absolute Gasteiger partial charge is 0.426 e. The van der Waals surface area contributed by atoms with E-state index in [1.165, 1.54) is 18.0 Å². The van der Waals surface area contributed by atoms with Crippen molar-refractivity contribution in [3.05, 3.63) is 83.1 Å². The highest BCUT2D eigenvalue weighted by atomic mass is 79.9. The minimum atomic E-state index is -4.97. The van der Waals surface area contributed by atoms with Crippen molar-refractivity contribution < 1.29 is 39.7 Å². The molecule has 1 aliphatic heterocycles. The average Bonchev–Trinajstić information content (AvgIpc) is 2.81. The number of halogens is 7. The third-order valence-corrected chi connectivity index (χ3v) is 5.94. The molecule has 0 radical (unpaired) electrons. The number of benzene rings is 2. The van der Waals surface area contributed by atoms with Crippen LogP contribution in [0, 0.1) is 0 Å². The monoisotopic (exact) mass is 551 g/mol. The lowest BCUT2D eigenvalue weighted by molar-refractivity contribution is -0.143. The average molecular weight is 552 g/mol. The Bertz CT molecular complexity index is 1010. The van der Waals surface area contributed by atoms with E-state index in [1.807, 2.05) is 0 Å². The number of carbonyl (C=O) groups excluding carboxylic acids is 1. The van der Waals surface area contributed by atoms with Gasteiger partial charge in [-0.3, -0.25) is 4.90 Å². The molecule has 0 spiro atoms. The standard InChI is InChI=1S/C23H20BrF6NO3/c1-15(16-11-18(22(25,26)27)13-19(12-16)23(28,29)30)33-14-21(17-7-3-2-4-8-17)9-5-6-10-31(21)20(32)34-24/h2-4,6-8,10-13,15H,5,9,14H2,1H3/t15-,21-/m1/s1. The summed E-state index contributed by atoms with van der Waals surface area (Å²) >= 11 is 2.67. The normalized spacial score (nSPS) is 19.7. The van der Waals surface area contributed by atoms with Crippen molar-refractivity contribution in [3.8, 4) is 0 Å². The van der Waals surface area contributed by atoms with Gasteiger partial charge in [-0.1, -0.05) is 36.4 Å². The number of amides is 1.